The Morgan fingerprint density at radius 1 is 1.37 bits per heavy atom. The van der Waals surface area contributed by atoms with E-state index in [1.54, 1.807) is 0 Å². The van der Waals surface area contributed by atoms with Crippen LogP contribution < -0.4 is 4.90 Å². The highest BCUT2D eigenvalue weighted by molar-refractivity contribution is 5.70. The number of hydrogen-bond acceptors (Lipinski definition) is 4. The molecular formula is C14H21N3O2. The molecule has 2 rings (SSSR count). The predicted molar refractivity (Wildman–Crippen MR) is 73.4 cm³/mol. The minimum Gasteiger partial charge on any atom is -0.481 e. The van der Waals surface area contributed by atoms with Crippen LogP contribution in [0.15, 0.2) is 6.07 Å². The summed E-state index contributed by atoms with van der Waals surface area (Å²) < 4.78 is 0. The van der Waals surface area contributed by atoms with Crippen molar-refractivity contribution in [1.29, 1.82) is 0 Å². The highest BCUT2D eigenvalue weighted by Crippen LogP contribution is 2.24. The molecule has 0 radical (unpaired) electrons. The van der Waals surface area contributed by atoms with E-state index in [1.807, 2.05) is 13.0 Å². The highest BCUT2D eigenvalue weighted by Gasteiger charge is 2.25. The van der Waals surface area contributed by atoms with Crippen LogP contribution in [-0.2, 0) is 4.79 Å². The molecule has 104 valence electrons. The molecule has 1 fully saturated rings. The van der Waals surface area contributed by atoms with Crippen molar-refractivity contribution in [3.05, 3.63) is 17.6 Å². The molecule has 0 aliphatic carbocycles. The van der Waals surface area contributed by atoms with Crippen LogP contribution >= 0.6 is 0 Å². The standard InChI is InChI=1S/C14H21N3O2/c1-9(2)12-8-13(16-10(3)15-12)17-6-4-11(5-7-17)14(18)19/h8-9,11H,4-7H2,1-3H3,(H,18,19). The van der Waals surface area contributed by atoms with Gasteiger partial charge in [-0.2, -0.15) is 0 Å². The topological polar surface area (TPSA) is 66.3 Å². The van der Waals surface area contributed by atoms with Crippen LogP contribution in [0.3, 0.4) is 0 Å². The van der Waals surface area contributed by atoms with E-state index in [0.29, 0.717) is 18.8 Å². The van der Waals surface area contributed by atoms with Crippen molar-refractivity contribution in [2.75, 3.05) is 18.0 Å². The maximum atomic E-state index is 11.0. The molecule has 0 saturated carbocycles. The summed E-state index contributed by atoms with van der Waals surface area (Å²) in [6.07, 6.45) is 1.38. The van der Waals surface area contributed by atoms with Gasteiger partial charge in [-0.1, -0.05) is 13.8 Å². The summed E-state index contributed by atoms with van der Waals surface area (Å²) in [5, 5.41) is 9.01. The third-order valence-electron chi connectivity index (χ3n) is 3.60. The molecule has 1 aliphatic rings. The monoisotopic (exact) mass is 263 g/mol. The number of carboxylic acids is 1. The molecule has 1 aromatic heterocycles. The number of aliphatic carboxylic acids is 1. The molecule has 0 unspecified atom stereocenters. The Hall–Kier alpha value is -1.65. The normalized spacial score (nSPS) is 16.9. The van der Waals surface area contributed by atoms with E-state index in [0.717, 1.165) is 30.4 Å². The first-order valence-electron chi connectivity index (χ1n) is 6.80. The molecule has 5 heteroatoms. The third kappa shape index (κ3) is 3.22. The van der Waals surface area contributed by atoms with Gasteiger partial charge in [-0.25, -0.2) is 9.97 Å². The van der Waals surface area contributed by atoms with Crippen molar-refractivity contribution in [1.82, 2.24) is 9.97 Å². The molecule has 1 aliphatic heterocycles. The van der Waals surface area contributed by atoms with Gasteiger partial charge in [-0.3, -0.25) is 4.79 Å². The van der Waals surface area contributed by atoms with E-state index in [1.165, 1.54) is 0 Å². The van der Waals surface area contributed by atoms with Gasteiger partial charge in [0.25, 0.3) is 0 Å². The Morgan fingerprint density at radius 2 is 2.00 bits per heavy atom. The van der Waals surface area contributed by atoms with Crippen LogP contribution in [0.25, 0.3) is 0 Å². The van der Waals surface area contributed by atoms with Crippen LogP contribution in [0.1, 0.15) is 44.1 Å². The fourth-order valence-corrected chi connectivity index (χ4v) is 2.39. The van der Waals surface area contributed by atoms with Gasteiger partial charge in [0.2, 0.25) is 0 Å². The SMILES string of the molecule is Cc1nc(C(C)C)cc(N2CCC(C(=O)O)CC2)n1. The van der Waals surface area contributed by atoms with Gasteiger partial charge in [-0.15, -0.1) is 0 Å². The summed E-state index contributed by atoms with van der Waals surface area (Å²) in [4.78, 5) is 22.0. The van der Waals surface area contributed by atoms with Crippen molar-refractivity contribution >= 4 is 11.8 Å². The lowest BCUT2D eigenvalue weighted by Gasteiger charge is -2.31. The van der Waals surface area contributed by atoms with Crippen LogP contribution in [-0.4, -0.2) is 34.1 Å². The minimum absolute atomic E-state index is 0.205. The van der Waals surface area contributed by atoms with Gasteiger partial charge in [0.1, 0.15) is 11.6 Å². The van der Waals surface area contributed by atoms with E-state index in [2.05, 4.69) is 28.7 Å². The maximum Gasteiger partial charge on any atom is 0.306 e. The summed E-state index contributed by atoms with van der Waals surface area (Å²) in [5.41, 5.74) is 1.04. The zero-order valence-electron chi connectivity index (χ0n) is 11.8. The molecule has 0 aromatic carbocycles. The van der Waals surface area contributed by atoms with Gasteiger partial charge >= 0.3 is 5.97 Å². The first-order chi connectivity index (χ1) is 8.97. The zero-order chi connectivity index (χ0) is 14.0. The number of aryl methyl sites for hydroxylation is 1. The van der Waals surface area contributed by atoms with E-state index < -0.39 is 5.97 Å². The largest absolute Gasteiger partial charge is 0.481 e. The van der Waals surface area contributed by atoms with E-state index >= 15 is 0 Å². The number of aromatic nitrogens is 2. The van der Waals surface area contributed by atoms with E-state index in [9.17, 15) is 4.79 Å². The summed E-state index contributed by atoms with van der Waals surface area (Å²) in [6.45, 7) is 7.64. The van der Waals surface area contributed by atoms with Crippen LogP contribution in [0.2, 0.25) is 0 Å². The second-order valence-corrected chi connectivity index (χ2v) is 5.45. The molecule has 0 amide bonds. The fourth-order valence-electron chi connectivity index (χ4n) is 2.39. The molecule has 0 atom stereocenters. The number of carbonyl (C=O) groups is 1. The second kappa shape index (κ2) is 5.55. The van der Waals surface area contributed by atoms with E-state index in [-0.39, 0.29) is 5.92 Å². The third-order valence-corrected chi connectivity index (χ3v) is 3.60. The number of hydrogen-bond donors (Lipinski definition) is 1. The molecule has 1 saturated heterocycles. The summed E-state index contributed by atoms with van der Waals surface area (Å²) in [7, 11) is 0. The predicted octanol–water partition coefficient (Wildman–Crippen LogP) is 2.21. The van der Waals surface area contributed by atoms with Crippen molar-refractivity contribution in [2.45, 2.75) is 39.5 Å². The molecule has 1 aromatic rings. The van der Waals surface area contributed by atoms with Crippen LogP contribution in [0, 0.1) is 12.8 Å². The molecule has 19 heavy (non-hydrogen) atoms. The molecule has 1 N–H and O–H groups in total. The molecule has 0 bridgehead atoms. The second-order valence-electron chi connectivity index (χ2n) is 5.45. The summed E-state index contributed by atoms with van der Waals surface area (Å²) in [5.74, 6) is 1.20. The van der Waals surface area contributed by atoms with Crippen molar-refractivity contribution in [3.8, 4) is 0 Å². The number of carboxylic acid groups (broad SMARTS) is 1. The Kier molecular flexibility index (Phi) is 4.02. The average molecular weight is 263 g/mol. The Balaban J connectivity index is 2.13. The highest BCUT2D eigenvalue weighted by atomic mass is 16.4. The van der Waals surface area contributed by atoms with Crippen molar-refractivity contribution in [3.63, 3.8) is 0 Å². The summed E-state index contributed by atoms with van der Waals surface area (Å²) >= 11 is 0. The van der Waals surface area contributed by atoms with Gasteiger partial charge in [-0.05, 0) is 25.7 Å². The van der Waals surface area contributed by atoms with E-state index in [4.69, 9.17) is 5.11 Å². The van der Waals surface area contributed by atoms with Crippen molar-refractivity contribution < 1.29 is 9.90 Å². The van der Waals surface area contributed by atoms with Gasteiger partial charge < -0.3 is 10.0 Å². The first-order valence-corrected chi connectivity index (χ1v) is 6.80. The number of anilines is 1. The lowest BCUT2D eigenvalue weighted by atomic mass is 9.97. The Morgan fingerprint density at radius 3 is 2.53 bits per heavy atom. The molecule has 2 heterocycles. The maximum absolute atomic E-state index is 11.0. The average Bonchev–Trinajstić information content (AvgIpc) is 2.38. The lowest BCUT2D eigenvalue weighted by molar-refractivity contribution is -0.142. The van der Waals surface area contributed by atoms with Crippen LogP contribution in [0.4, 0.5) is 5.82 Å². The minimum atomic E-state index is -0.679. The number of nitrogens with zero attached hydrogens (tertiary/aromatic N) is 3. The Bertz CT molecular complexity index is 466. The molecular weight excluding hydrogens is 242 g/mol. The first kappa shape index (κ1) is 13.8. The lowest BCUT2D eigenvalue weighted by Crippen LogP contribution is -2.37. The van der Waals surface area contributed by atoms with Gasteiger partial charge in [0.05, 0.1) is 5.92 Å². The quantitative estimate of drug-likeness (QED) is 0.905. The number of piperidine rings is 1. The van der Waals surface area contributed by atoms with Gasteiger partial charge in [0, 0.05) is 24.8 Å². The Labute approximate surface area is 113 Å². The zero-order valence-corrected chi connectivity index (χ0v) is 11.8. The van der Waals surface area contributed by atoms with Crippen molar-refractivity contribution in [2.24, 2.45) is 5.92 Å². The fraction of sp³-hybridized carbons (Fsp3) is 0.643. The summed E-state index contributed by atoms with van der Waals surface area (Å²) in [6, 6.07) is 2.03. The molecule has 0 spiro atoms. The van der Waals surface area contributed by atoms with Gasteiger partial charge in [0.15, 0.2) is 0 Å². The molecule has 5 nitrogen and oxygen atoms in total. The number of rotatable bonds is 3. The smallest absolute Gasteiger partial charge is 0.306 e. The van der Waals surface area contributed by atoms with Crippen LogP contribution in [0.5, 0.6) is 0 Å².